The second kappa shape index (κ2) is 8.91. The number of hydrogen-bond donors (Lipinski definition) is 0. The van der Waals surface area contributed by atoms with Crippen molar-refractivity contribution in [3.8, 4) is 0 Å². The SMILES string of the molecule is O=C1/C(=C\c2ccc(N(c3ccccc3)c3ccc4ccccc4n3)s2)C(=O)c2c1ccc1ccccc21. The zero-order chi connectivity index (χ0) is 25.6. The highest BCUT2D eigenvalue weighted by Crippen LogP contribution is 2.40. The molecule has 2 heterocycles. The quantitative estimate of drug-likeness (QED) is 0.177. The number of Topliss-reactive ketones (excluding diaryl/α,β-unsaturated/α-hetero) is 2. The molecule has 2 aromatic heterocycles. The van der Waals surface area contributed by atoms with E-state index in [1.54, 1.807) is 12.1 Å². The molecular formula is C33H20N2O2S. The summed E-state index contributed by atoms with van der Waals surface area (Å²) in [6.07, 6.45) is 1.73. The third-order valence-corrected chi connectivity index (χ3v) is 7.85. The minimum atomic E-state index is -0.221. The highest BCUT2D eigenvalue weighted by Gasteiger charge is 2.34. The number of aromatic nitrogens is 1. The number of allylic oxidation sites excluding steroid dienone is 1. The Hall–Kier alpha value is -4.87. The molecule has 0 saturated carbocycles. The second-order valence-corrected chi connectivity index (χ2v) is 10.2. The third kappa shape index (κ3) is 3.64. The lowest BCUT2D eigenvalue weighted by Gasteiger charge is -2.22. The summed E-state index contributed by atoms with van der Waals surface area (Å²) in [6, 6.07) is 37.5. The lowest BCUT2D eigenvalue weighted by molar-refractivity contribution is 0.0991. The Kier molecular flexibility index (Phi) is 5.23. The molecule has 1 aliphatic carbocycles. The second-order valence-electron chi connectivity index (χ2n) is 9.13. The summed E-state index contributed by atoms with van der Waals surface area (Å²) in [5.74, 6) is 0.359. The zero-order valence-corrected chi connectivity index (χ0v) is 21.0. The summed E-state index contributed by atoms with van der Waals surface area (Å²) in [6.45, 7) is 0. The number of carbonyl (C=O) groups is 2. The molecule has 0 unspecified atom stereocenters. The molecular weight excluding hydrogens is 488 g/mol. The van der Waals surface area contributed by atoms with E-state index >= 15 is 0 Å². The molecule has 0 saturated heterocycles. The maximum atomic E-state index is 13.4. The van der Waals surface area contributed by atoms with Crippen molar-refractivity contribution in [2.75, 3.05) is 4.90 Å². The van der Waals surface area contributed by atoms with Crippen molar-refractivity contribution in [2.45, 2.75) is 0 Å². The Morgan fingerprint density at radius 1 is 0.658 bits per heavy atom. The Morgan fingerprint density at radius 3 is 2.26 bits per heavy atom. The average Bonchev–Trinajstić information content (AvgIpc) is 3.52. The van der Waals surface area contributed by atoms with Gasteiger partial charge < -0.3 is 0 Å². The third-order valence-electron chi connectivity index (χ3n) is 6.84. The standard InChI is InChI=1S/C33H20N2O2S/c36-32-26-17-14-21-8-4-6-12-25(21)31(26)33(37)27(32)20-24-16-19-30(38-24)35(23-10-2-1-3-11-23)29-18-15-22-9-5-7-13-28(22)34-29/h1-20H/b27-20+. The Labute approximate surface area is 223 Å². The van der Waals surface area contributed by atoms with Crippen LogP contribution in [-0.2, 0) is 0 Å². The molecule has 0 fully saturated rings. The lowest BCUT2D eigenvalue weighted by Crippen LogP contribution is -2.09. The van der Waals surface area contributed by atoms with Gasteiger partial charge in [-0.15, -0.1) is 11.3 Å². The van der Waals surface area contributed by atoms with Crippen LogP contribution < -0.4 is 4.90 Å². The molecule has 5 heteroatoms. The number of pyridine rings is 1. The van der Waals surface area contributed by atoms with Gasteiger partial charge in [0.1, 0.15) is 10.8 Å². The number of nitrogens with zero attached hydrogens (tertiary/aromatic N) is 2. The van der Waals surface area contributed by atoms with E-state index in [4.69, 9.17) is 4.98 Å². The van der Waals surface area contributed by atoms with Crippen molar-refractivity contribution < 1.29 is 9.59 Å². The number of benzene rings is 4. The average molecular weight is 509 g/mol. The number of rotatable bonds is 4. The summed E-state index contributed by atoms with van der Waals surface area (Å²) >= 11 is 1.51. The van der Waals surface area contributed by atoms with Gasteiger partial charge in [-0.3, -0.25) is 14.5 Å². The Balaban J connectivity index is 1.30. The van der Waals surface area contributed by atoms with Gasteiger partial charge in [0.2, 0.25) is 0 Å². The number of carbonyl (C=O) groups excluding carboxylic acids is 2. The first kappa shape index (κ1) is 22.3. The van der Waals surface area contributed by atoms with Crippen molar-refractivity contribution >= 4 is 67.2 Å². The smallest absolute Gasteiger partial charge is 0.198 e. The maximum absolute atomic E-state index is 13.4. The summed E-state index contributed by atoms with van der Waals surface area (Å²) in [5, 5.41) is 3.78. The number of ketones is 2. The van der Waals surface area contributed by atoms with E-state index in [0.717, 1.165) is 43.1 Å². The van der Waals surface area contributed by atoms with Crippen molar-refractivity contribution in [1.82, 2.24) is 4.98 Å². The largest absolute Gasteiger partial charge is 0.288 e. The van der Waals surface area contributed by atoms with E-state index in [1.165, 1.54) is 11.3 Å². The van der Waals surface area contributed by atoms with Crippen LogP contribution in [0.25, 0.3) is 27.8 Å². The van der Waals surface area contributed by atoms with Crippen LogP contribution in [0.1, 0.15) is 25.6 Å². The summed E-state index contributed by atoms with van der Waals surface area (Å²) < 4.78 is 0. The normalized spacial score (nSPS) is 13.9. The van der Waals surface area contributed by atoms with Gasteiger partial charge >= 0.3 is 0 Å². The molecule has 1 aliphatic rings. The predicted molar refractivity (Wildman–Crippen MR) is 155 cm³/mol. The van der Waals surface area contributed by atoms with E-state index in [9.17, 15) is 9.59 Å². The van der Waals surface area contributed by atoms with Crippen LogP contribution in [0.3, 0.4) is 0 Å². The topological polar surface area (TPSA) is 50.3 Å². The van der Waals surface area contributed by atoms with Gasteiger partial charge in [0.15, 0.2) is 11.6 Å². The van der Waals surface area contributed by atoms with Gasteiger partial charge in [0.05, 0.1) is 11.1 Å². The highest BCUT2D eigenvalue weighted by molar-refractivity contribution is 7.17. The van der Waals surface area contributed by atoms with Gasteiger partial charge in [0, 0.05) is 27.1 Å². The van der Waals surface area contributed by atoms with Crippen LogP contribution in [0.15, 0.2) is 121 Å². The van der Waals surface area contributed by atoms with Crippen LogP contribution in [0, 0.1) is 0 Å². The fraction of sp³-hybridized carbons (Fsp3) is 0. The van der Waals surface area contributed by atoms with Crippen molar-refractivity contribution in [1.29, 1.82) is 0 Å². The number of fused-ring (bicyclic) bond motifs is 4. The molecule has 0 atom stereocenters. The number of thiophene rings is 1. The molecule has 4 nitrogen and oxygen atoms in total. The van der Waals surface area contributed by atoms with E-state index in [1.807, 2.05) is 103 Å². The van der Waals surface area contributed by atoms with Gasteiger partial charge in [0.25, 0.3) is 0 Å². The minimum Gasteiger partial charge on any atom is -0.288 e. The molecule has 0 amide bonds. The molecule has 0 N–H and O–H groups in total. The molecule has 38 heavy (non-hydrogen) atoms. The molecule has 0 bridgehead atoms. The summed E-state index contributed by atoms with van der Waals surface area (Å²) in [5.41, 5.74) is 3.07. The fourth-order valence-corrected chi connectivity index (χ4v) is 6.01. The first-order chi connectivity index (χ1) is 18.7. The number of anilines is 3. The zero-order valence-electron chi connectivity index (χ0n) is 20.2. The molecule has 4 aromatic carbocycles. The van der Waals surface area contributed by atoms with Crippen LogP contribution in [0.4, 0.5) is 16.5 Å². The predicted octanol–water partition coefficient (Wildman–Crippen LogP) is 8.38. The Morgan fingerprint density at radius 2 is 1.39 bits per heavy atom. The molecule has 180 valence electrons. The van der Waals surface area contributed by atoms with E-state index < -0.39 is 0 Å². The van der Waals surface area contributed by atoms with Crippen LogP contribution >= 0.6 is 11.3 Å². The molecule has 7 rings (SSSR count). The number of hydrogen-bond acceptors (Lipinski definition) is 5. The fourth-order valence-electron chi connectivity index (χ4n) is 5.03. The van der Waals surface area contributed by atoms with Crippen LogP contribution in [0.5, 0.6) is 0 Å². The summed E-state index contributed by atoms with van der Waals surface area (Å²) in [7, 11) is 0. The van der Waals surface area contributed by atoms with Gasteiger partial charge in [-0.05, 0) is 65.4 Å². The molecule has 6 aromatic rings. The lowest BCUT2D eigenvalue weighted by atomic mass is 10.0. The van der Waals surface area contributed by atoms with E-state index in [2.05, 4.69) is 11.0 Å². The van der Waals surface area contributed by atoms with Crippen molar-refractivity contribution in [3.05, 3.63) is 137 Å². The maximum Gasteiger partial charge on any atom is 0.198 e. The molecule has 0 aliphatic heterocycles. The van der Waals surface area contributed by atoms with E-state index in [-0.39, 0.29) is 17.1 Å². The number of para-hydroxylation sites is 2. The first-order valence-electron chi connectivity index (χ1n) is 12.3. The van der Waals surface area contributed by atoms with Gasteiger partial charge in [-0.25, -0.2) is 4.98 Å². The monoisotopic (exact) mass is 508 g/mol. The van der Waals surface area contributed by atoms with Gasteiger partial charge in [-0.1, -0.05) is 66.7 Å². The van der Waals surface area contributed by atoms with Crippen molar-refractivity contribution in [2.24, 2.45) is 0 Å². The van der Waals surface area contributed by atoms with E-state index in [0.29, 0.717) is 11.1 Å². The molecule has 0 radical (unpaired) electrons. The highest BCUT2D eigenvalue weighted by atomic mass is 32.1. The molecule has 0 spiro atoms. The van der Waals surface area contributed by atoms with Crippen LogP contribution in [-0.4, -0.2) is 16.6 Å². The van der Waals surface area contributed by atoms with Crippen molar-refractivity contribution in [3.63, 3.8) is 0 Å². The Bertz CT molecular complexity index is 1920. The minimum absolute atomic E-state index is 0.208. The first-order valence-corrected chi connectivity index (χ1v) is 13.1. The van der Waals surface area contributed by atoms with Gasteiger partial charge in [-0.2, -0.15) is 0 Å². The summed E-state index contributed by atoms with van der Waals surface area (Å²) in [4.78, 5) is 34.5. The van der Waals surface area contributed by atoms with Crippen LogP contribution in [0.2, 0.25) is 0 Å².